The van der Waals surface area contributed by atoms with E-state index < -0.39 is 0 Å². The third-order valence-corrected chi connectivity index (χ3v) is 8.79. The number of alkyl halides is 1. The first-order valence-electron chi connectivity index (χ1n) is 13.0. The smallest absolute Gasteiger partial charge is 0.180 e. The number of thiazole rings is 1. The van der Waals surface area contributed by atoms with Gasteiger partial charge in [0.05, 0.1) is 10.5 Å². The van der Waals surface area contributed by atoms with Gasteiger partial charge >= 0.3 is 0 Å². The lowest BCUT2D eigenvalue weighted by Gasteiger charge is -2.13. The number of nitrogen functional groups attached to an aromatic ring is 1. The summed E-state index contributed by atoms with van der Waals surface area (Å²) >= 11 is 9.17. The average Bonchev–Trinajstić information content (AvgIpc) is 3.33. The zero-order valence-electron chi connectivity index (χ0n) is 23.1. The molecule has 0 radical (unpaired) electrons. The minimum atomic E-state index is -0.117. The number of rotatable bonds is 5. The molecule has 0 saturated heterocycles. The molecule has 40 heavy (non-hydrogen) atoms. The number of carbonyl (C=O) groups excluding carboxylic acids is 1. The minimum absolute atomic E-state index is 0.000000000000000222. The first-order chi connectivity index (χ1) is 19.0. The number of anilines is 1. The van der Waals surface area contributed by atoms with Gasteiger partial charge in [-0.15, -0.1) is 11.3 Å². The number of nitrogens with two attached hydrogens (primary N) is 3. The number of nitrogens with zero attached hydrogens (tertiary/aromatic N) is 1. The summed E-state index contributed by atoms with van der Waals surface area (Å²) in [4.78, 5) is 18.0. The molecule has 0 fully saturated rings. The Balaban J connectivity index is 0.000000196. The van der Waals surface area contributed by atoms with Crippen LogP contribution in [0.1, 0.15) is 48.8 Å². The molecule has 0 spiro atoms. The third kappa shape index (κ3) is 7.87. The van der Waals surface area contributed by atoms with E-state index in [4.69, 9.17) is 5.73 Å². The van der Waals surface area contributed by atoms with Crippen LogP contribution in [0.3, 0.4) is 0 Å². The summed E-state index contributed by atoms with van der Waals surface area (Å²) in [6.07, 6.45) is 0. The number of fused-ring (bicyclic) bond motifs is 2. The van der Waals surface area contributed by atoms with Crippen molar-refractivity contribution in [3.05, 3.63) is 95.4 Å². The van der Waals surface area contributed by atoms with Gasteiger partial charge in [0.2, 0.25) is 0 Å². The molecule has 6 N–H and O–H groups in total. The Kier molecular flexibility index (Phi) is 11.2. The van der Waals surface area contributed by atoms with Crippen LogP contribution in [0.15, 0.2) is 84.9 Å². The highest BCUT2D eigenvalue weighted by Gasteiger charge is 2.21. The van der Waals surface area contributed by atoms with E-state index in [1.165, 1.54) is 21.2 Å². The van der Waals surface area contributed by atoms with Crippen LogP contribution in [0.5, 0.6) is 0 Å². The van der Waals surface area contributed by atoms with Crippen molar-refractivity contribution in [1.82, 2.24) is 4.98 Å². The first kappa shape index (κ1) is 31.2. The molecule has 5 aromatic rings. The SMILES string of the molecule is CC(C)C(Br)C(=O)c1cccc2ccccc12.CC(C)c1sc(N)nc1-c1cccc2ccccc12.NC(N)=S. The van der Waals surface area contributed by atoms with E-state index >= 15 is 0 Å². The predicted octanol–water partition coefficient (Wildman–Crippen LogP) is 8.30. The lowest BCUT2D eigenvalue weighted by molar-refractivity contribution is 0.0979. The topological polar surface area (TPSA) is 108 Å². The monoisotopic (exact) mass is 634 g/mol. The molecule has 208 valence electrons. The van der Waals surface area contributed by atoms with Gasteiger partial charge < -0.3 is 17.2 Å². The summed E-state index contributed by atoms with van der Waals surface area (Å²) in [6.45, 7) is 8.45. The number of thiocarbonyl (C=S) groups is 1. The van der Waals surface area contributed by atoms with Crippen molar-refractivity contribution in [2.24, 2.45) is 17.4 Å². The summed E-state index contributed by atoms with van der Waals surface area (Å²) in [6, 6.07) is 28.6. The van der Waals surface area contributed by atoms with Crippen LogP contribution in [0.2, 0.25) is 0 Å². The average molecular weight is 636 g/mol. The van der Waals surface area contributed by atoms with Gasteiger partial charge in [-0.1, -0.05) is 129 Å². The van der Waals surface area contributed by atoms with E-state index in [2.05, 4.69) is 101 Å². The van der Waals surface area contributed by atoms with Crippen LogP contribution in [-0.2, 0) is 0 Å². The Morgan fingerprint density at radius 2 is 1.32 bits per heavy atom. The van der Waals surface area contributed by atoms with Crippen LogP contribution in [0.25, 0.3) is 32.8 Å². The second-order valence-corrected chi connectivity index (χ2v) is 12.4. The van der Waals surface area contributed by atoms with Crippen molar-refractivity contribution < 1.29 is 4.79 Å². The summed E-state index contributed by atoms with van der Waals surface area (Å²) < 4.78 is 0. The fourth-order valence-electron chi connectivity index (χ4n) is 4.26. The van der Waals surface area contributed by atoms with E-state index in [0.29, 0.717) is 17.0 Å². The van der Waals surface area contributed by atoms with Crippen molar-refractivity contribution in [3.63, 3.8) is 0 Å². The summed E-state index contributed by atoms with van der Waals surface area (Å²) in [7, 11) is 0. The van der Waals surface area contributed by atoms with E-state index in [-0.39, 0.29) is 15.7 Å². The second-order valence-electron chi connectivity index (χ2n) is 9.89. The van der Waals surface area contributed by atoms with Crippen molar-refractivity contribution in [1.29, 1.82) is 0 Å². The van der Waals surface area contributed by atoms with Gasteiger partial charge in [-0.25, -0.2) is 4.98 Å². The van der Waals surface area contributed by atoms with Crippen LogP contribution < -0.4 is 17.2 Å². The van der Waals surface area contributed by atoms with Gasteiger partial charge in [0.15, 0.2) is 16.0 Å². The lowest BCUT2D eigenvalue weighted by Crippen LogP contribution is -2.20. The molecule has 1 atom stereocenters. The van der Waals surface area contributed by atoms with Gasteiger partial charge in [-0.3, -0.25) is 4.79 Å². The number of Topliss-reactive ketones (excluding diaryl/α,β-unsaturated/α-hetero) is 1. The van der Waals surface area contributed by atoms with Gasteiger partial charge in [-0.2, -0.15) is 0 Å². The van der Waals surface area contributed by atoms with Gasteiger partial charge in [-0.05, 0) is 45.6 Å². The number of halogens is 1. The molecular formula is C32H35BrN4OS2. The Labute approximate surface area is 253 Å². The molecule has 0 amide bonds. The molecule has 0 aliphatic heterocycles. The van der Waals surface area contributed by atoms with Crippen LogP contribution in [0.4, 0.5) is 5.13 Å². The molecule has 1 aromatic heterocycles. The molecule has 8 heteroatoms. The summed E-state index contributed by atoms with van der Waals surface area (Å²) in [5, 5.41) is 5.26. The molecule has 0 bridgehead atoms. The highest BCUT2D eigenvalue weighted by molar-refractivity contribution is 9.10. The minimum Gasteiger partial charge on any atom is -0.377 e. The number of ketones is 1. The molecule has 5 nitrogen and oxygen atoms in total. The Morgan fingerprint density at radius 1 is 0.825 bits per heavy atom. The maximum atomic E-state index is 12.4. The number of aromatic nitrogens is 1. The van der Waals surface area contributed by atoms with Gasteiger partial charge in [0, 0.05) is 16.0 Å². The first-order valence-corrected chi connectivity index (χ1v) is 15.1. The normalized spacial score (nSPS) is 11.5. The standard InChI is InChI=1S/C16H16N2S.C15H15BrO.CH4N2S/c1-10(2)15-14(18-16(17)19-15)13-9-5-7-11-6-3-4-8-12(11)13;1-10(2)14(16)15(17)13-9-5-7-11-6-3-4-8-12(11)13;2-1(3)4/h3-10H,1-2H3,(H2,17,18);3-10,14H,1-2H3;(H4,2,3,4). The maximum Gasteiger partial charge on any atom is 0.180 e. The molecule has 0 saturated carbocycles. The maximum absolute atomic E-state index is 12.4. The van der Waals surface area contributed by atoms with Crippen molar-refractivity contribution >= 4 is 77.1 Å². The highest BCUT2D eigenvalue weighted by atomic mass is 79.9. The van der Waals surface area contributed by atoms with Gasteiger partial charge in [0.25, 0.3) is 0 Å². The number of hydrogen-bond acceptors (Lipinski definition) is 5. The van der Waals surface area contributed by atoms with Gasteiger partial charge in [0.1, 0.15) is 0 Å². The molecular weight excluding hydrogens is 600 g/mol. The third-order valence-electron chi connectivity index (χ3n) is 6.13. The van der Waals surface area contributed by atoms with Crippen molar-refractivity contribution in [2.75, 3.05) is 5.73 Å². The van der Waals surface area contributed by atoms with Crippen LogP contribution in [-0.4, -0.2) is 20.7 Å². The fraction of sp³-hybridized carbons (Fsp3) is 0.219. The summed E-state index contributed by atoms with van der Waals surface area (Å²) in [5.41, 5.74) is 18.2. The Bertz CT molecular complexity index is 1600. The zero-order chi connectivity index (χ0) is 29.4. The largest absolute Gasteiger partial charge is 0.377 e. The molecule has 1 unspecified atom stereocenters. The zero-order valence-corrected chi connectivity index (χ0v) is 26.3. The van der Waals surface area contributed by atoms with Crippen molar-refractivity contribution in [3.8, 4) is 11.3 Å². The van der Waals surface area contributed by atoms with Crippen LogP contribution >= 0.6 is 39.5 Å². The Morgan fingerprint density at radius 3 is 1.90 bits per heavy atom. The van der Waals surface area contributed by atoms with E-state index in [1.54, 1.807) is 11.3 Å². The molecule has 1 heterocycles. The van der Waals surface area contributed by atoms with Crippen molar-refractivity contribution in [2.45, 2.75) is 38.4 Å². The number of benzene rings is 4. The molecule has 5 rings (SSSR count). The molecule has 0 aliphatic carbocycles. The number of carbonyl (C=O) groups is 1. The predicted molar refractivity (Wildman–Crippen MR) is 180 cm³/mol. The highest BCUT2D eigenvalue weighted by Crippen LogP contribution is 2.38. The number of hydrogen-bond donors (Lipinski definition) is 3. The van der Waals surface area contributed by atoms with E-state index in [9.17, 15) is 4.79 Å². The second kappa shape index (κ2) is 14.3. The van der Waals surface area contributed by atoms with Crippen LogP contribution in [0, 0.1) is 5.92 Å². The lowest BCUT2D eigenvalue weighted by atomic mass is 9.96. The summed E-state index contributed by atoms with van der Waals surface area (Å²) in [5.74, 6) is 0.891. The fourth-order valence-corrected chi connectivity index (χ4v) is 5.35. The van der Waals surface area contributed by atoms with E-state index in [0.717, 1.165) is 22.0 Å². The van der Waals surface area contributed by atoms with E-state index in [1.807, 2.05) is 56.3 Å². The Hall–Kier alpha value is -3.33. The quantitative estimate of drug-likeness (QED) is 0.102. The molecule has 4 aromatic carbocycles. The molecule has 0 aliphatic rings.